The Morgan fingerprint density at radius 2 is 1.79 bits per heavy atom. The number of nitrogens with zero attached hydrogens (tertiary/aromatic N) is 4. The Labute approximate surface area is 168 Å². The second kappa shape index (κ2) is 7.50. The largest absolute Gasteiger partial charge is 0.502 e. The van der Waals surface area contributed by atoms with Gasteiger partial charge in [0.2, 0.25) is 5.43 Å². The van der Waals surface area contributed by atoms with Crippen molar-refractivity contribution in [3.8, 4) is 5.75 Å². The zero-order chi connectivity index (χ0) is 20.5. The van der Waals surface area contributed by atoms with E-state index >= 15 is 0 Å². The lowest BCUT2D eigenvalue weighted by molar-refractivity contribution is 0.0569. The van der Waals surface area contributed by atoms with E-state index in [-0.39, 0.29) is 23.7 Å². The number of amides is 1. The van der Waals surface area contributed by atoms with Crippen molar-refractivity contribution < 1.29 is 9.90 Å². The second-order valence-electron chi connectivity index (χ2n) is 7.41. The van der Waals surface area contributed by atoms with Crippen LogP contribution in [0.3, 0.4) is 0 Å². The normalized spacial score (nSPS) is 17.3. The summed E-state index contributed by atoms with van der Waals surface area (Å²) in [6.45, 7) is 4.21. The number of benzene rings is 1. The monoisotopic (exact) mass is 390 g/mol. The van der Waals surface area contributed by atoms with Gasteiger partial charge < -0.3 is 10.0 Å². The average molecular weight is 390 g/mol. The molecule has 1 amide bonds. The lowest BCUT2D eigenvalue weighted by Gasteiger charge is -2.40. The van der Waals surface area contributed by atoms with Crippen LogP contribution in [0.25, 0.3) is 0 Å². The molecule has 3 heterocycles. The summed E-state index contributed by atoms with van der Waals surface area (Å²) >= 11 is 0. The number of pyridine rings is 1. The molecule has 0 saturated carbocycles. The van der Waals surface area contributed by atoms with E-state index in [1.54, 1.807) is 11.1 Å². The predicted molar refractivity (Wildman–Crippen MR) is 108 cm³/mol. The summed E-state index contributed by atoms with van der Waals surface area (Å²) in [6.07, 6.45) is 2.79. The molecule has 0 spiro atoms. The van der Waals surface area contributed by atoms with Gasteiger partial charge in [0, 0.05) is 18.8 Å². The number of aromatic hydroxyl groups is 1. The Balaban J connectivity index is 1.95. The molecule has 29 heavy (non-hydrogen) atoms. The fraction of sp³-hybridized carbons (Fsp3) is 0.273. The van der Waals surface area contributed by atoms with Crippen molar-refractivity contribution in [3.05, 3.63) is 88.1 Å². The molecule has 148 valence electrons. The summed E-state index contributed by atoms with van der Waals surface area (Å²) in [4.78, 5) is 31.3. The molecule has 2 aromatic heterocycles. The predicted octanol–water partition coefficient (Wildman–Crippen LogP) is 2.58. The third kappa shape index (κ3) is 3.29. The van der Waals surface area contributed by atoms with Crippen molar-refractivity contribution in [2.75, 3.05) is 6.54 Å². The van der Waals surface area contributed by atoms with Gasteiger partial charge in [0.1, 0.15) is 0 Å². The van der Waals surface area contributed by atoms with Crippen LogP contribution < -0.4 is 5.43 Å². The fourth-order valence-corrected chi connectivity index (χ4v) is 3.91. The Morgan fingerprint density at radius 3 is 2.45 bits per heavy atom. The second-order valence-corrected chi connectivity index (χ2v) is 7.41. The molecule has 1 aliphatic heterocycles. The van der Waals surface area contributed by atoms with Gasteiger partial charge in [0.25, 0.3) is 5.91 Å². The van der Waals surface area contributed by atoms with E-state index in [1.807, 2.05) is 62.4 Å². The minimum absolute atomic E-state index is 0.0701. The molecule has 0 bridgehead atoms. The molecule has 3 aromatic rings. The van der Waals surface area contributed by atoms with Gasteiger partial charge in [-0.2, -0.15) is 5.10 Å². The lowest BCUT2D eigenvalue weighted by atomic mass is 9.86. The minimum atomic E-state index is -0.664. The van der Waals surface area contributed by atoms with Crippen molar-refractivity contribution in [1.82, 2.24) is 19.7 Å². The van der Waals surface area contributed by atoms with E-state index < -0.39 is 17.1 Å². The van der Waals surface area contributed by atoms with E-state index in [0.717, 1.165) is 17.5 Å². The quantitative estimate of drug-likeness (QED) is 0.740. The van der Waals surface area contributed by atoms with Crippen molar-refractivity contribution in [3.63, 3.8) is 0 Å². The molecular weight excluding hydrogens is 368 g/mol. The van der Waals surface area contributed by atoms with Crippen LogP contribution in [0.5, 0.6) is 5.75 Å². The van der Waals surface area contributed by atoms with Gasteiger partial charge in [-0.05, 0) is 31.5 Å². The molecule has 0 fully saturated rings. The number of rotatable bonds is 4. The molecule has 4 rings (SSSR count). The van der Waals surface area contributed by atoms with Gasteiger partial charge in [-0.15, -0.1) is 0 Å². The zero-order valence-corrected chi connectivity index (χ0v) is 16.3. The first-order chi connectivity index (χ1) is 14.0. The topological polar surface area (TPSA) is 88.3 Å². The van der Waals surface area contributed by atoms with Gasteiger partial charge in [-0.3, -0.25) is 19.3 Å². The van der Waals surface area contributed by atoms with Gasteiger partial charge in [-0.25, -0.2) is 0 Å². The standard InChI is InChI=1S/C22H22N4O3/c1-14(2)25-13-17(26-20(22(25)29)21(28)18(27)12-24-26)19(15-8-4-3-5-9-15)16-10-6-7-11-23-16/h3-12,14,17,19,28H,13H2,1-2H3. The van der Waals surface area contributed by atoms with Crippen LogP contribution in [0, 0.1) is 0 Å². The third-order valence-corrected chi connectivity index (χ3v) is 5.32. The van der Waals surface area contributed by atoms with E-state index in [0.29, 0.717) is 6.54 Å². The summed E-state index contributed by atoms with van der Waals surface area (Å²) < 4.78 is 1.49. The van der Waals surface area contributed by atoms with Crippen LogP contribution in [0.2, 0.25) is 0 Å². The molecule has 7 nitrogen and oxygen atoms in total. The van der Waals surface area contributed by atoms with Gasteiger partial charge in [0.15, 0.2) is 11.4 Å². The number of carbonyl (C=O) groups excluding carboxylic acids is 1. The molecule has 0 aliphatic carbocycles. The number of aromatic nitrogens is 3. The summed E-state index contributed by atoms with van der Waals surface area (Å²) in [7, 11) is 0. The molecule has 2 unspecified atom stereocenters. The molecule has 1 aromatic carbocycles. The van der Waals surface area contributed by atoms with Crippen molar-refractivity contribution in [1.29, 1.82) is 0 Å². The third-order valence-electron chi connectivity index (χ3n) is 5.32. The molecule has 1 aliphatic rings. The maximum absolute atomic E-state index is 13.0. The van der Waals surface area contributed by atoms with Crippen LogP contribution >= 0.6 is 0 Å². The lowest BCUT2D eigenvalue weighted by Crippen LogP contribution is -2.49. The van der Waals surface area contributed by atoms with Gasteiger partial charge in [0.05, 0.1) is 23.9 Å². The van der Waals surface area contributed by atoms with Crippen LogP contribution in [0.1, 0.15) is 47.6 Å². The maximum Gasteiger partial charge on any atom is 0.276 e. The first-order valence-corrected chi connectivity index (χ1v) is 9.56. The van der Waals surface area contributed by atoms with Crippen molar-refractivity contribution in [2.24, 2.45) is 0 Å². The van der Waals surface area contributed by atoms with Crippen LogP contribution in [-0.4, -0.2) is 43.3 Å². The number of hydrogen-bond donors (Lipinski definition) is 1. The molecule has 2 atom stereocenters. The van der Waals surface area contributed by atoms with Crippen LogP contribution in [0.15, 0.2) is 65.7 Å². The Morgan fingerprint density at radius 1 is 1.07 bits per heavy atom. The molecule has 1 N–H and O–H groups in total. The van der Waals surface area contributed by atoms with E-state index in [9.17, 15) is 14.7 Å². The Hall–Kier alpha value is -3.48. The number of carbonyl (C=O) groups is 1. The van der Waals surface area contributed by atoms with E-state index in [1.165, 1.54) is 4.68 Å². The molecule has 0 radical (unpaired) electrons. The summed E-state index contributed by atoms with van der Waals surface area (Å²) in [6, 6.07) is 15.1. The van der Waals surface area contributed by atoms with Crippen LogP contribution in [-0.2, 0) is 0 Å². The van der Waals surface area contributed by atoms with Crippen molar-refractivity contribution in [2.45, 2.75) is 31.8 Å². The highest BCUT2D eigenvalue weighted by molar-refractivity contribution is 5.96. The SMILES string of the molecule is CC(C)N1CC(C(c2ccccc2)c2ccccn2)n2ncc(=O)c(O)c2C1=O. The fourth-order valence-electron chi connectivity index (χ4n) is 3.91. The summed E-state index contributed by atoms with van der Waals surface area (Å²) in [5.41, 5.74) is 1.11. The first kappa shape index (κ1) is 18.9. The highest BCUT2D eigenvalue weighted by atomic mass is 16.3. The highest BCUT2D eigenvalue weighted by Gasteiger charge is 2.40. The van der Waals surface area contributed by atoms with Gasteiger partial charge >= 0.3 is 0 Å². The molecule has 0 saturated heterocycles. The van der Waals surface area contributed by atoms with Gasteiger partial charge in [-0.1, -0.05) is 36.4 Å². The Bertz CT molecular complexity index is 1040. The maximum atomic E-state index is 13.0. The number of fused-ring (bicyclic) bond motifs is 1. The van der Waals surface area contributed by atoms with E-state index in [4.69, 9.17) is 0 Å². The highest BCUT2D eigenvalue weighted by Crippen LogP contribution is 2.38. The Kier molecular flexibility index (Phi) is 4.88. The number of hydrogen-bond acceptors (Lipinski definition) is 5. The van der Waals surface area contributed by atoms with E-state index in [2.05, 4.69) is 10.1 Å². The van der Waals surface area contributed by atoms with Crippen LogP contribution in [0.4, 0.5) is 0 Å². The average Bonchev–Trinajstić information content (AvgIpc) is 2.73. The zero-order valence-electron chi connectivity index (χ0n) is 16.3. The molecule has 7 heteroatoms. The van der Waals surface area contributed by atoms with Crippen molar-refractivity contribution >= 4 is 5.91 Å². The minimum Gasteiger partial charge on any atom is -0.502 e. The smallest absolute Gasteiger partial charge is 0.276 e. The first-order valence-electron chi connectivity index (χ1n) is 9.56. The summed E-state index contributed by atoms with van der Waals surface area (Å²) in [5, 5.41) is 14.7. The summed E-state index contributed by atoms with van der Waals surface area (Å²) in [5.74, 6) is -1.18. The molecular formula is C22H22N4O3.